The molecule has 2 N–H and O–H groups in total. The Morgan fingerprint density at radius 3 is 2.00 bits per heavy atom. The van der Waals surface area contributed by atoms with Crippen LogP contribution in [0.3, 0.4) is 0 Å². The number of carbonyl (C=O) groups excluding carboxylic acids is 1. The number of benzene rings is 2. The third-order valence-corrected chi connectivity index (χ3v) is 4.00. The van der Waals surface area contributed by atoms with Crippen molar-refractivity contribution in [1.29, 1.82) is 0 Å². The van der Waals surface area contributed by atoms with Crippen LogP contribution in [0.4, 0.5) is 25.0 Å². The number of hydrogen-bond donors (Lipinski definition) is 1. The van der Waals surface area contributed by atoms with Gasteiger partial charge in [0.05, 0.1) is 5.69 Å². The molecule has 2 aromatic carbocycles. The summed E-state index contributed by atoms with van der Waals surface area (Å²) < 4.78 is 26.6. The maximum Gasteiger partial charge on any atom is 0.329 e. The highest BCUT2D eigenvalue weighted by Gasteiger charge is 2.31. The Bertz CT molecular complexity index is 688. The van der Waals surface area contributed by atoms with Gasteiger partial charge in [0.15, 0.2) is 0 Å². The Morgan fingerprint density at radius 2 is 1.45 bits per heavy atom. The van der Waals surface area contributed by atoms with Crippen LogP contribution in [0.5, 0.6) is 0 Å². The zero-order valence-corrected chi connectivity index (χ0v) is 12.3. The van der Waals surface area contributed by atoms with E-state index in [1.807, 2.05) is 12.1 Å². The summed E-state index contributed by atoms with van der Waals surface area (Å²) in [4.78, 5) is 16.3. The van der Waals surface area contributed by atoms with E-state index in [0.717, 1.165) is 40.7 Å². The fourth-order valence-corrected chi connectivity index (χ4v) is 2.71. The minimum Gasteiger partial charge on any atom is -0.292 e. The zero-order valence-electron chi connectivity index (χ0n) is 11.5. The molecule has 0 unspecified atom stereocenters. The molecule has 0 aromatic heterocycles. The van der Waals surface area contributed by atoms with Crippen molar-refractivity contribution in [3.63, 3.8) is 0 Å². The molecule has 1 aliphatic heterocycles. The van der Waals surface area contributed by atoms with Gasteiger partial charge in [-0.1, -0.05) is 0 Å². The minimum absolute atomic E-state index is 0.221. The molecule has 0 radical (unpaired) electrons. The normalized spacial score (nSPS) is 14.8. The Labute approximate surface area is 130 Å². The van der Waals surface area contributed by atoms with Gasteiger partial charge in [0.1, 0.15) is 11.6 Å². The first-order valence-electron chi connectivity index (χ1n) is 6.60. The molecule has 3 rings (SSSR count). The van der Waals surface area contributed by atoms with Gasteiger partial charge in [0.2, 0.25) is 0 Å². The van der Waals surface area contributed by atoms with Crippen molar-refractivity contribution in [3.8, 4) is 0 Å². The van der Waals surface area contributed by atoms with Crippen LogP contribution in [0.1, 0.15) is 0 Å². The van der Waals surface area contributed by atoms with Crippen LogP contribution in [0.25, 0.3) is 0 Å². The van der Waals surface area contributed by atoms with Gasteiger partial charge in [-0.15, -0.1) is 0 Å². The SMILES string of the molecule is NSc1ccc(N2CCN(c3cc(F)cc(F)c3)C2=O)cc1. The maximum atomic E-state index is 13.3. The molecule has 4 nitrogen and oxygen atoms in total. The lowest BCUT2D eigenvalue weighted by molar-refractivity contribution is 0.256. The van der Waals surface area contributed by atoms with Gasteiger partial charge >= 0.3 is 6.03 Å². The minimum atomic E-state index is -0.703. The van der Waals surface area contributed by atoms with Crippen molar-refractivity contribution in [2.75, 3.05) is 22.9 Å². The Balaban J connectivity index is 1.84. The smallest absolute Gasteiger partial charge is 0.292 e. The van der Waals surface area contributed by atoms with Crippen molar-refractivity contribution in [1.82, 2.24) is 0 Å². The fraction of sp³-hybridized carbons (Fsp3) is 0.133. The summed E-state index contributed by atoms with van der Waals surface area (Å²) in [5, 5.41) is 5.46. The summed E-state index contributed by atoms with van der Waals surface area (Å²) in [6.07, 6.45) is 0. The van der Waals surface area contributed by atoms with Crippen LogP contribution in [0.2, 0.25) is 0 Å². The highest BCUT2D eigenvalue weighted by atomic mass is 32.2. The summed E-state index contributed by atoms with van der Waals surface area (Å²) >= 11 is 1.12. The molecule has 2 aromatic rings. The van der Waals surface area contributed by atoms with Gasteiger partial charge in [-0.05, 0) is 48.3 Å². The number of urea groups is 1. The lowest BCUT2D eigenvalue weighted by Gasteiger charge is -2.19. The summed E-state index contributed by atoms with van der Waals surface area (Å²) in [5.41, 5.74) is 0.946. The largest absolute Gasteiger partial charge is 0.329 e. The Hall–Kier alpha value is -2.12. The Kier molecular flexibility index (Phi) is 4.00. The number of nitrogens with zero attached hydrogens (tertiary/aromatic N) is 2. The summed E-state index contributed by atoms with van der Waals surface area (Å²) in [5.74, 6) is -1.41. The Morgan fingerprint density at radius 1 is 0.909 bits per heavy atom. The average molecular weight is 321 g/mol. The van der Waals surface area contributed by atoms with Crippen LogP contribution in [0, 0.1) is 11.6 Å². The van der Waals surface area contributed by atoms with Crippen LogP contribution in [0.15, 0.2) is 47.4 Å². The molecule has 7 heteroatoms. The summed E-state index contributed by atoms with van der Waals surface area (Å²) in [6.45, 7) is 0.821. The molecule has 0 aliphatic carbocycles. The van der Waals surface area contributed by atoms with Gasteiger partial charge in [-0.2, -0.15) is 0 Å². The van der Waals surface area contributed by atoms with E-state index in [1.54, 1.807) is 17.0 Å². The topological polar surface area (TPSA) is 49.6 Å². The number of hydrogen-bond acceptors (Lipinski definition) is 3. The van der Waals surface area contributed by atoms with Crippen molar-refractivity contribution >= 4 is 29.4 Å². The van der Waals surface area contributed by atoms with Gasteiger partial charge in [-0.25, -0.2) is 13.6 Å². The van der Waals surface area contributed by atoms with Crippen LogP contribution < -0.4 is 14.9 Å². The van der Waals surface area contributed by atoms with E-state index < -0.39 is 11.6 Å². The van der Waals surface area contributed by atoms with E-state index in [4.69, 9.17) is 5.14 Å². The number of amides is 2. The maximum absolute atomic E-state index is 13.3. The molecule has 2 amide bonds. The second kappa shape index (κ2) is 5.94. The lowest BCUT2D eigenvalue weighted by Crippen LogP contribution is -2.31. The molecule has 114 valence electrons. The van der Waals surface area contributed by atoms with Crippen molar-refractivity contribution in [2.45, 2.75) is 4.90 Å². The molecule has 1 heterocycles. The molecule has 1 aliphatic rings. The molecular formula is C15H13F2N3OS. The monoisotopic (exact) mass is 321 g/mol. The van der Waals surface area contributed by atoms with E-state index in [1.165, 1.54) is 4.90 Å². The molecule has 1 fully saturated rings. The molecular weight excluding hydrogens is 308 g/mol. The number of nitrogens with two attached hydrogens (primary N) is 1. The molecule has 1 saturated heterocycles. The number of anilines is 2. The molecule has 0 saturated carbocycles. The van der Waals surface area contributed by atoms with E-state index in [-0.39, 0.29) is 11.7 Å². The standard InChI is InChI=1S/C15H13F2N3OS/c16-10-7-11(17)9-13(8-10)20-6-5-19(15(20)21)12-1-3-14(22-18)4-2-12/h1-4,7-9H,5-6,18H2. The second-order valence-electron chi connectivity index (χ2n) is 4.83. The first kappa shape index (κ1) is 14.8. The zero-order chi connectivity index (χ0) is 15.7. The fourth-order valence-electron chi connectivity index (χ4n) is 2.42. The quantitative estimate of drug-likeness (QED) is 0.882. The number of rotatable bonds is 3. The van der Waals surface area contributed by atoms with Gasteiger partial charge < -0.3 is 0 Å². The third-order valence-electron chi connectivity index (χ3n) is 3.45. The van der Waals surface area contributed by atoms with Crippen LogP contribution >= 0.6 is 11.9 Å². The van der Waals surface area contributed by atoms with Gasteiger partial charge in [0.25, 0.3) is 0 Å². The lowest BCUT2D eigenvalue weighted by atomic mass is 10.3. The summed E-state index contributed by atoms with van der Waals surface area (Å²) in [7, 11) is 0. The van der Waals surface area contributed by atoms with Crippen LogP contribution in [-0.4, -0.2) is 19.1 Å². The number of halogens is 2. The van der Waals surface area contributed by atoms with Gasteiger partial charge in [-0.3, -0.25) is 14.9 Å². The predicted octanol–water partition coefficient (Wildman–Crippen LogP) is 3.38. The predicted molar refractivity (Wildman–Crippen MR) is 82.9 cm³/mol. The first-order valence-corrected chi connectivity index (χ1v) is 7.48. The molecule has 22 heavy (non-hydrogen) atoms. The van der Waals surface area contributed by atoms with E-state index >= 15 is 0 Å². The average Bonchev–Trinajstić information content (AvgIpc) is 2.88. The summed E-state index contributed by atoms with van der Waals surface area (Å²) in [6, 6.07) is 10.0. The third kappa shape index (κ3) is 2.77. The number of carbonyl (C=O) groups is 1. The highest BCUT2D eigenvalue weighted by molar-refractivity contribution is 7.97. The van der Waals surface area contributed by atoms with E-state index in [9.17, 15) is 13.6 Å². The second-order valence-corrected chi connectivity index (χ2v) is 5.53. The van der Waals surface area contributed by atoms with Crippen molar-refractivity contribution < 1.29 is 13.6 Å². The highest BCUT2D eigenvalue weighted by Crippen LogP contribution is 2.27. The van der Waals surface area contributed by atoms with Gasteiger partial charge in [0, 0.05) is 29.7 Å². The van der Waals surface area contributed by atoms with E-state index in [2.05, 4.69) is 0 Å². The molecule has 0 spiro atoms. The molecule has 0 bridgehead atoms. The molecule has 0 atom stereocenters. The van der Waals surface area contributed by atoms with Crippen LogP contribution in [-0.2, 0) is 0 Å². The van der Waals surface area contributed by atoms with Crippen molar-refractivity contribution in [3.05, 3.63) is 54.1 Å². The first-order chi connectivity index (χ1) is 10.6. The van der Waals surface area contributed by atoms with E-state index in [0.29, 0.717) is 13.1 Å². The van der Waals surface area contributed by atoms with Crippen molar-refractivity contribution in [2.24, 2.45) is 5.14 Å².